The van der Waals surface area contributed by atoms with Crippen molar-refractivity contribution in [3.63, 3.8) is 0 Å². The number of anilines is 2. The summed E-state index contributed by atoms with van der Waals surface area (Å²) in [5.41, 5.74) is 2.97. The number of halogens is 1. The van der Waals surface area contributed by atoms with Gasteiger partial charge in [-0.25, -0.2) is 14.4 Å². The molecule has 47 heavy (non-hydrogen) atoms. The molecule has 0 aliphatic carbocycles. The Bertz CT molecular complexity index is 1780. The number of fused-ring (bicyclic) bond motifs is 1. The van der Waals surface area contributed by atoms with Crippen LogP contribution < -0.4 is 10.2 Å². The quantitative estimate of drug-likeness (QED) is 0.307. The maximum absolute atomic E-state index is 15.7. The highest BCUT2D eigenvalue weighted by Gasteiger charge is 2.46. The first-order valence-electron chi connectivity index (χ1n) is 16.7. The van der Waals surface area contributed by atoms with Crippen LogP contribution in [0.25, 0.3) is 22.3 Å². The second-order valence-corrected chi connectivity index (χ2v) is 14.8. The summed E-state index contributed by atoms with van der Waals surface area (Å²) in [6.45, 7) is 12.2. The topological polar surface area (TPSA) is 108 Å². The van der Waals surface area contributed by atoms with Crippen molar-refractivity contribution in [3.05, 3.63) is 53.7 Å². The molecule has 6 heterocycles. The third kappa shape index (κ3) is 6.38. The summed E-state index contributed by atoms with van der Waals surface area (Å²) in [6, 6.07) is 8.21. The van der Waals surface area contributed by atoms with Crippen LogP contribution in [0.1, 0.15) is 55.6 Å². The highest BCUT2D eigenvalue weighted by molar-refractivity contribution is 6.05. The summed E-state index contributed by atoms with van der Waals surface area (Å²) < 4.78 is 19.1. The van der Waals surface area contributed by atoms with Gasteiger partial charge in [0.1, 0.15) is 5.69 Å². The van der Waals surface area contributed by atoms with Gasteiger partial charge in [-0.15, -0.1) is 0 Å². The van der Waals surface area contributed by atoms with Gasteiger partial charge in [0.25, 0.3) is 5.91 Å². The zero-order valence-electron chi connectivity index (χ0n) is 28.1. The minimum Gasteiger partial charge on any atom is -0.389 e. The number of imidazole rings is 1. The van der Waals surface area contributed by atoms with Gasteiger partial charge in [-0.05, 0) is 96.3 Å². The van der Waals surface area contributed by atoms with Gasteiger partial charge in [0.2, 0.25) is 5.95 Å². The molecule has 0 bridgehead atoms. The van der Waals surface area contributed by atoms with Crippen molar-refractivity contribution in [2.75, 3.05) is 56.5 Å². The molecule has 7 rings (SSSR count). The fourth-order valence-corrected chi connectivity index (χ4v) is 7.65. The number of piperidine rings is 2. The van der Waals surface area contributed by atoms with Crippen molar-refractivity contribution in [2.45, 2.75) is 64.6 Å². The molecule has 0 saturated carbocycles. The van der Waals surface area contributed by atoms with Gasteiger partial charge in [-0.2, -0.15) is 5.10 Å². The number of benzene rings is 1. The highest BCUT2D eigenvalue weighted by Crippen LogP contribution is 2.42. The third-order valence-corrected chi connectivity index (χ3v) is 10.3. The molecule has 3 saturated heterocycles. The average Bonchev–Trinajstić information content (AvgIpc) is 3.59. The molecule has 0 radical (unpaired) electrons. The lowest BCUT2D eigenvalue weighted by Crippen LogP contribution is -2.63. The van der Waals surface area contributed by atoms with Crippen LogP contribution in [0.2, 0.25) is 0 Å². The minimum absolute atomic E-state index is 0.0668. The number of hydrogen-bond donors (Lipinski definition) is 2. The van der Waals surface area contributed by atoms with Crippen LogP contribution in [0.5, 0.6) is 0 Å². The molecule has 0 unspecified atom stereocenters. The molecule has 250 valence electrons. The number of amides is 1. The molecule has 1 aromatic carbocycles. The maximum Gasteiger partial charge on any atom is 0.261 e. The van der Waals surface area contributed by atoms with Crippen molar-refractivity contribution in [2.24, 2.45) is 12.5 Å². The Morgan fingerprint density at radius 1 is 1.09 bits per heavy atom. The fraction of sp³-hybridized carbons (Fsp3) is 0.543. The lowest BCUT2D eigenvalue weighted by molar-refractivity contribution is -0.0704. The molecular weight excluding hydrogens is 597 g/mol. The first kappa shape index (κ1) is 31.7. The predicted molar refractivity (Wildman–Crippen MR) is 181 cm³/mol. The average molecular weight is 644 g/mol. The molecule has 3 aliphatic heterocycles. The van der Waals surface area contributed by atoms with E-state index in [1.165, 1.54) is 51.3 Å². The number of carbonyl (C=O) groups is 1. The van der Waals surface area contributed by atoms with E-state index < -0.39 is 17.3 Å². The van der Waals surface area contributed by atoms with Crippen molar-refractivity contribution in [1.82, 2.24) is 34.1 Å². The number of likely N-dealkylation sites (tertiary alicyclic amines) is 2. The van der Waals surface area contributed by atoms with Crippen LogP contribution in [-0.4, -0.2) is 103 Å². The first-order chi connectivity index (χ1) is 22.4. The summed E-state index contributed by atoms with van der Waals surface area (Å²) in [5.74, 6) is -1.11. The lowest BCUT2D eigenvalue weighted by atomic mass is 9.71. The number of aromatic nitrogens is 5. The van der Waals surface area contributed by atoms with Gasteiger partial charge in [-0.1, -0.05) is 0 Å². The van der Waals surface area contributed by atoms with E-state index in [2.05, 4.69) is 49.3 Å². The number of aliphatic hydroxyl groups is 1. The Kier molecular flexibility index (Phi) is 8.08. The molecule has 1 amide bonds. The molecule has 3 fully saturated rings. The Morgan fingerprint density at radius 2 is 1.81 bits per heavy atom. The Labute approximate surface area is 275 Å². The third-order valence-electron chi connectivity index (χ3n) is 10.3. The van der Waals surface area contributed by atoms with Crippen LogP contribution >= 0.6 is 0 Å². The SMILES string of the molecule is Cc1cc(C(=O)Nc2nc3ccc(N4CCC(N5CC6(CCN(C)CC6)C5)CC4)cc3n2CC(C)(C)O)c(F)c(-c2cnn(C)c2)n1. The number of pyridine rings is 1. The van der Waals surface area contributed by atoms with Crippen molar-refractivity contribution in [3.8, 4) is 11.3 Å². The van der Waals surface area contributed by atoms with Crippen LogP contribution in [0, 0.1) is 18.2 Å². The fourth-order valence-electron chi connectivity index (χ4n) is 7.65. The van der Waals surface area contributed by atoms with E-state index in [0.717, 1.165) is 37.1 Å². The summed E-state index contributed by atoms with van der Waals surface area (Å²) in [4.78, 5) is 30.2. The van der Waals surface area contributed by atoms with E-state index in [0.29, 0.717) is 28.2 Å². The summed E-state index contributed by atoms with van der Waals surface area (Å²) in [7, 11) is 3.97. The van der Waals surface area contributed by atoms with Gasteiger partial charge in [0.05, 0.1) is 34.9 Å². The van der Waals surface area contributed by atoms with Crippen LogP contribution in [-0.2, 0) is 13.6 Å². The monoisotopic (exact) mass is 643 g/mol. The number of rotatable bonds is 7. The Hall–Kier alpha value is -3.87. The largest absolute Gasteiger partial charge is 0.389 e. The Morgan fingerprint density at radius 3 is 2.47 bits per heavy atom. The minimum atomic E-state index is -1.09. The lowest BCUT2D eigenvalue weighted by Gasteiger charge is -2.57. The maximum atomic E-state index is 15.7. The van der Waals surface area contributed by atoms with Gasteiger partial charge in [0, 0.05) is 62.4 Å². The van der Waals surface area contributed by atoms with Crippen molar-refractivity contribution in [1.29, 1.82) is 0 Å². The van der Waals surface area contributed by atoms with Crippen molar-refractivity contribution < 1.29 is 14.3 Å². The molecular formula is C35H46FN9O2. The highest BCUT2D eigenvalue weighted by atomic mass is 19.1. The van der Waals surface area contributed by atoms with Crippen LogP contribution in [0.15, 0.2) is 36.7 Å². The molecule has 3 aromatic heterocycles. The molecule has 3 aliphatic rings. The van der Waals surface area contributed by atoms with Gasteiger partial charge < -0.3 is 19.5 Å². The zero-order valence-corrected chi connectivity index (χ0v) is 28.1. The number of nitrogens with one attached hydrogen (secondary N) is 1. The van der Waals surface area contributed by atoms with E-state index in [1.54, 1.807) is 38.7 Å². The molecule has 4 aromatic rings. The molecule has 12 heteroatoms. The van der Waals surface area contributed by atoms with Gasteiger partial charge in [-0.3, -0.25) is 19.7 Å². The Balaban J connectivity index is 1.09. The van der Waals surface area contributed by atoms with E-state index in [-0.39, 0.29) is 23.8 Å². The van der Waals surface area contributed by atoms with E-state index in [4.69, 9.17) is 4.98 Å². The zero-order chi connectivity index (χ0) is 33.1. The summed E-state index contributed by atoms with van der Waals surface area (Å²) in [5, 5.41) is 17.8. The number of hydrogen-bond acceptors (Lipinski definition) is 8. The molecule has 11 nitrogen and oxygen atoms in total. The van der Waals surface area contributed by atoms with Gasteiger partial charge in [0.15, 0.2) is 5.82 Å². The smallest absolute Gasteiger partial charge is 0.261 e. The van der Waals surface area contributed by atoms with E-state index >= 15 is 4.39 Å². The van der Waals surface area contributed by atoms with E-state index in [1.807, 2.05) is 10.6 Å². The van der Waals surface area contributed by atoms with Crippen LogP contribution in [0.3, 0.4) is 0 Å². The molecule has 2 N–H and O–H groups in total. The van der Waals surface area contributed by atoms with Crippen molar-refractivity contribution >= 4 is 28.6 Å². The summed E-state index contributed by atoms with van der Waals surface area (Å²) in [6.07, 6.45) is 8.09. The second kappa shape index (κ2) is 12.0. The number of nitrogens with zero attached hydrogens (tertiary/aromatic N) is 8. The second-order valence-electron chi connectivity index (χ2n) is 14.8. The number of carbonyl (C=O) groups excluding carboxylic acids is 1. The number of aryl methyl sites for hydroxylation is 2. The predicted octanol–water partition coefficient (Wildman–Crippen LogP) is 4.30. The summed E-state index contributed by atoms with van der Waals surface area (Å²) >= 11 is 0. The molecule has 0 atom stereocenters. The van der Waals surface area contributed by atoms with Gasteiger partial charge >= 0.3 is 0 Å². The molecule has 1 spiro atoms. The van der Waals surface area contributed by atoms with Crippen LogP contribution in [0.4, 0.5) is 16.0 Å². The standard InChI is InChI=1S/C35H46FN9O2/c1-23-16-27(30(36)31(38-23)24-18-37-42(5)19-24)32(46)40-33-39-28-7-6-26(17-29(28)45(33)20-34(2,3)47)43-12-8-25(9-13-43)44-21-35(22-44)10-14-41(4)15-11-35/h6-7,16-19,25,47H,8-15,20-22H2,1-5H3,(H,39,40,46). The van der Waals surface area contributed by atoms with E-state index in [9.17, 15) is 9.90 Å². The first-order valence-corrected chi connectivity index (χ1v) is 16.7. The normalized spacial score (nSPS) is 19.4.